The summed E-state index contributed by atoms with van der Waals surface area (Å²) in [7, 11) is 0. The minimum Gasteiger partial charge on any atom is -0.464 e. The molecule has 10 heteroatoms. The Labute approximate surface area is 217 Å². The molecule has 1 saturated heterocycles. The maximum atomic E-state index is 15.4. The third-order valence-corrected chi connectivity index (χ3v) is 7.02. The number of carbonyl (C=O) groups is 3. The summed E-state index contributed by atoms with van der Waals surface area (Å²) < 4.78 is 27.5. The number of benzene rings is 2. The largest absolute Gasteiger partial charge is 0.464 e. The Morgan fingerprint density at radius 3 is 2.66 bits per heavy atom. The average molecular weight is 517 g/mol. The third kappa shape index (κ3) is 3.93. The molecule has 1 fully saturated rings. The van der Waals surface area contributed by atoms with Gasteiger partial charge in [0, 0.05) is 36.1 Å². The molecule has 0 N–H and O–H groups in total. The number of fused-ring (bicyclic) bond motifs is 2. The Hall–Kier alpha value is -4.47. The van der Waals surface area contributed by atoms with Crippen LogP contribution in [0.1, 0.15) is 52.7 Å². The van der Waals surface area contributed by atoms with E-state index >= 15 is 4.39 Å². The summed E-state index contributed by atoms with van der Waals surface area (Å²) in [4.78, 5) is 41.8. The van der Waals surface area contributed by atoms with Crippen molar-refractivity contribution in [3.63, 3.8) is 0 Å². The number of ether oxygens (including phenoxy) is 1. The molecule has 2 aromatic carbocycles. The van der Waals surface area contributed by atoms with Crippen LogP contribution in [0.4, 0.5) is 15.8 Å². The van der Waals surface area contributed by atoms with E-state index in [1.54, 1.807) is 48.4 Å². The number of amides is 2. The highest BCUT2D eigenvalue weighted by Crippen LogP contribution is 2.33. The molecule has 0 spiro atoms. The number of piperidine rings is 1. The lowest BCUT2D eigenvalue weighted by atomic mass is 10.0. The second-order valence-electron chi connectivity index (χ2n) is 9.30. The van der Waals surface area contributed by atoms with Gasteiger partial charge < -0.3 is 19.0 Å². The molecule has 0 aliphatic carbocycles. The van der Waals surface area contributed by atoms with Gasteiger partial charge in [-0.05, 0) is 68.7 Å². The zero-order valence-corrected chi connectivity index (χ0v) is 20.8. The van der Waals surface area contributed by atoms with Crippen molar-refractivity contribution in [3.05, 3.63) is 71.5 Å². The molecule has 0 unspecified atom stereocenters. The van der Waals surface area contributed by atoms with Crippen LogP contribution in [0.3, 0.4) is 0 Å². The molecular weight excluding hydrogens is 491 g/mol. The fourth-order valence-corrected chi connectivity index (χ4v) is 5.19. The fraction of sp³-hybridized carbons (Fsp3) is 0.286. The summed E-state index contributed by atoms with van der Waals surface area (Å²) in [5.41, 5.74) is 2.52. The van der Waals surface area contributed by atoms with Crippen molar-refractivity contribution in [2.75, 3.05) is 29.5 Å². The van der Waals surface area contributed by atoms with Crippen LogP contribution in [0.25, 0.3) is 16.7 Å². The number of hydrogen-bond donors (Lipinski definition) is 0. The van der Waals surface area contributed by atoms with Crippen LogP contribution in [0.2, 0.25) is 0 Å². The van der Waals surface area contributed by atoms with Crippen molar-refractivity contribution in [1.82, 2.24) is 9.78 Å². The zero-order valence-electron chi connectivity index (χ0n) is 20.8. The number of nitrogens with zero attached hydrogens (tertiary/aromatic N) is 4. The van der Waals surface area contributed by atoms with Crippen molar-refractivity contribution in [2.24, 2.45) is 0 Å². The summed E-state index contributed by atoms with van der Waals surface area (Å²) in [6.45, 7) is 2.56. The Morgan fingerprint density at radius 2 is 1.87 bits per heavy atom. The first kappa shape index (κ1) is 23.9. The number of carbonyl (C=O) groups excluding carboxylic acids is 3. The number of anilines is 2. The molecule has 194 valence electrons. The second kappa shape index (κ2) is 9.44. The van der Waals surface area contributed by atoms with Gasteiger partial charge in [-0.3, -0.25) is 9.59 Å². The second-order valence-corrected chi connectivity index (χ2v) is 9.30. The first-order valence-corrected chi connectivity index (χ1v) is 12.6. The Morgan fingerprint density at radius 1 is 1.03 bits per heavy atom. The molecule has 2 aliphatic rings. The van der Waals surface area contributed by atoms with Crippen LogP contribution in [-0.2, 0) is 16.0 Å². The van der Waals surface area contributed by atoms with Crippen LogP contribution in [0.15, 0.2) is 53.1 Å². The molecule has 0 bridgehead atoms. The predicted molar refractivity (Wildman–Crippen MR) is 137 cm³/mol. The van der Waals surface area contributed by atoms with Crippen LogP contribution in [-0.4, -0.2) is 47.3 Å². The molecule has 9 nitrogen and oxygen atoms in total. The van der Waals surface area contributed by atoms with E-state index in [0.717, 1.165) is 18.2 Å². The van der Waals surface area contributed by atoms with Gasteiger partial charge in [0.15, 0.2) is 5.69 Å². The van der Waals surface area contributed by atoms with Crippen LogP contribution < -0.4 is 9.80 Å². The summed E-state index contributed by atoms with van der Waals surface area (Å²) >= 11 is 0. The molecule has 4 aromatic rings. The van der Waals surface area contributed by atoms with Gasteiger partial charge in [-0.1, -0.05) is 0 Å². The Bertz CT molecular complexity index is 1590. The first-order chi connectivity index (χ1) is 18.5. The maximum absolute atomic E-state index is 15.4. The summed E-state index contributed by atoms with van der Waals surface area (Å²) in [6, 6.07) is 11.6. The monoisotopic (exact) mass is 516 g/mol. The smallest absolute Gasteiger partial charge is 0.359 e. The Balaban J connectivity index is 1.41. The number of esters is 1. The van der Waals surface area contributed by atoms with Gasteiger partial charge in [-0.15, -0.1) is 0 Å². The first-order valence-electron chi connectivity index (χ1n) is 12.6. The number of furan rings is 1. The van der Waals surface area contributed by atoms with Gasteiger partial charge in [0.25, 0.3) is 5.91 Å². The molecule has 0 radical (unpaired) electrons. The number of hydrogen-bond acceptors (Lipinski definition) is 6. The Kier molecular flexibility index (Phi) is 5.94. The van der Waals surface area contributed by atoms with Crippen molar-refractivity contribution in [3.8, 4) is 5.69 Å². The van der Waals surface area contributed by atoms with Crippen LogP contribution >= 0.6 is 0 Å². The van der Waals surface area contributed by atoms with E-state index in [1.807, 2.05) is 0 Å². The third-order valence-electron chi connectivity index (χ3n) is 7.02. The average Bonchev–Trinajstić information content (AvgIpc) is 3.54. The van der Waals surface area contributed by atoms with Gasteiger partial charge in [-0.25, -0.2) is 13.9 Å². The van der Waals surface area contributed by atoms with Gasteiger partial charge >= 0.3 is 5.97 Å². The van der Waals surface area contributed by atoms with Crippen molar-refractivity contribution in [1.29, 1.82) is 0 Å². The van der Waals surface area contributed by atoms with E-state index in [2.05, 4.69) is 5.10 Å². The highest BCUT2D eigenvalue weighted by Gasteiger charge is 2.36. The maximum Gasteiger partial charge on any atom is 0.359 e. The molecular formula is C28H25FN4O5. The normalized spacial score (nSPS) is 15.7. The molecule has 4 heterocycles. The lowest BCUT2D eigenvalue weighted by Gasteiger charge is -2.30. The molecule has 6 rings (SSSR count). The minimum absolute atomic E-state index is 0.0351. The highest BCUT2D eigenvalue weighted by atomic mass is 19.1. The molecule has 0 atom stereocenters. The van der Waals surface area contributed by atoms with Crippen LogP contribution in [0.5, 0.6) is 0 Å². The van der Waals surface area contributed by atoms with Crippen LogP contribution in [0, 0.1) is 5.82 Å². The molecule has 38 heavy (non-hydrogen) atoms. The van der Waals surface area contributed by atoms with Gasteiger partial charge in [0.1, 0.15) is 17.1 Å². The minimum atomic E-state index is -0.616. The summed E-state index contributed by atoms with van der Waals surface area (Å²) in [5, 5.41) is 5.29. The number of halogens is 1. The van der Waals surface area contributed by atoms with E-state index < -0.39 is 17.7 Å². The zero-order chi connectivity index (χ0) is 26.4. The van der Waals surface area contributed by atoms with Crippen molar-refractivity contribution in [2.45, 2.75) is 32.6 Å². The number of aromatic nitrogens is 2. The lowest BCUT2D eigenvalue weighted by Crippen LogP contribution is -2.39. The van der Waals surface area contributed by atoms with E-state index in [-0.39, 0.29) is 42.6 Å². The fourth-order valence-electron chi connectivity index (χ4n) is 5.19. The van der Waals surface area contributed by atoms with E-state index in [9.17, 15) is 14.4 Å². The van der Waals surface area contributed by atoms with Crippen molar-refractivity contribution < 1.29 is 27.9 Å². The SMILES string of the molecule is CCOC(=O)c1nn(-c2ccc3occc3c2)c2c1CCN(c1ccc(N3CCCCC3=O)cc1F)C2=O. The van der Waals surface area contributed by atoms with Gasteiger partial charge in [0.2, 0.25) is 5.91 Å². The van der Waals surface area contributed by atoms with Crippen molar-refractivity contribution >= 4 is 40.1 Å². The van der Waals surface area contributed by atoms with E-state index in [4.69, 9.17) is 9.15 Å². The van der Waals surface area contributed by atoms with E-state index in [1.165, 1.54) is 21.7 Å². The molecule has 2 aliphatic heterocycles. The molecule has 0 saturated carbocycles. The topological polar surface area (TPSA) is 97.9 Å². The quantitative estimate of drug-likeness (QED) is 0.358. The predicted octanol–water partition coefficient (Wildman–Crippen LogP) is 4.65. The standard InChI is InChI=1S/C28H25FN4O5/c1-2-37-28(36)25-20-10-13-32(22-8-6-18(16-21(22)29)31-12-4-3-5-24(31)34)27(35)26(20)33(30-25)19-7-9-23-17(15-19)11-14-38-23/h6-9,11,14-16H,2-5,10,12-13H2,1H3. The van der Waals surface area contributed by atoms with Gasteiger partial charge in [-0.2, -0.15) is 5.10 Å². The highest BCUT2D eigenvalue weighted by molar-refractivity contribution is 6.09. The summed E-state index contributed by atoms with van der Waals surface area (Å²) in [6.07, 6.45) is 3.98. The molecule has 2 aromatic heterocycles. The lowest BCUT2D eigenvalue weighted by molar-refractivity contribution is -0.119. The summed E-state index contributed by atoms with van der Waals surface area (Å²) in [5.74, 6) is -1.74. The van der Waals surface area contributed by atoms with E-state index in [0.29, 0.717) is 35.5 Å². The molecule has 2 amide bonds. The van der Waals surface area contributed by atoms with Gasteiger partial charge in [0.05, 0.1) is 24.2 Å². The number of rotatable bonds is 5.